The van der Waals surface area contributed by atoms with E-state index >= 15 is 0 Å². The van der Waals surface area contributed by atoms with Crippen molar-refractivity contribution in [2.45, 2.75) is 490 Å². The van der Waals surface area contributed by atoms with Crippen LogP contribution >= 0.6 is 15.6 Å². The smallest absolute Gasteiger partial charge is 0.462 e. The SMILES string of the molecule is CCCCCCCCCCCCCCCCCCCCCCC(=O)OC[C@H](COP(=O)(O)OC[C@@H](O)COP(=O)(O)OC[C@@H](COC(=O)CCCCCCCCCC)OC(=O)CCCCCCCCCCCCCCCCC(C)CC)OC(=O)CCCCCCCCCCCCCCCCCCCCC(C)C. The number of carbonyl (C=O) groups excluding carboxylic acids is 4. The molecule has 17 nitrogen and oxygen atoms in total. The number of hydrogen-bond donors (Lipinski definition) is 3. The number of phosphoric ester groups is 2. The summed E-state index contributed by atoms with van der Waals surface area (Å²) in [5.41, 5.74) is 0. The normalized spacial score (nSPS) is 14.0. The molecule has 0 heterocycles. The predicted octanol–water partition coefficient (Wildman–Crippen LogP) is 27.0. The molecule has 3 N–H and O–H groups in total. The van der Waals surface area contributed by atoms with Gasteiger partial charge in [0.1, 0.15) is 19.3 Å². The number of phosphoric acid groups is 2. The second kappa shape index (κ2) is 79.3. The molecule has 6 atom stereocenters. The number of rotatable bonds is 87. The Hall–Kier alpha value is -1.94. The number of unbranched alkanes of at least 4 members (excludes halogenated alkanes) is 56. The molecule has 636 valence electrons. The van der Waals surface area contributed by atoms with Gasteiger partial charge in [-0.2, -0.15) is 0 Å². The summed E-state index contributed by atoms with van der Waals surface area (Å²) in [6.45, 7) is 9.74. The van der Waals surface area contributed by atoms with E-state index in [4.69, 9.17) is 37.0 Å². The Morgan fingerprint density at radius 1 is 0.271 bits per heavy atom. The molecule has 0 aliphatic carbocycles. The van der Waals surface area contributed by atoms with Crippen molar-refractivity contribution >= 4 is 39.5 Å². The van der Waals surface area contributed by atoms with Gasteiger partial charge in [-0.15, -0.1) is 0 Å². The van der Waals surface area contributed by atoms with E-state index in [9.17, 15) is 43.2 Å². The summed E-state index contributed by atoms with van der Waals surface area (Å²) >= 11 is 0. The van der Waals surface area contributed by atoms with Crippen LogP contribution in [0.15, 0.2) is 0 Å². The Morgan fingerprint density at radius 3 is 0.710 bits per heavy atom. The average molecular weight is 1560 g/mol. The molecule has 0 aliphatic heterocycles. The molecule has 0 rings (SSSR count). The highest BCUT2D eigenvalue weighted by molar-refractivity contribution is 7.47. The Bertz CT molecular complexity index is 2050. The lowest BCUT2D eigenvalue weighted by molar-refractivity contribution is -0.161. The van der Waals surface area contributed by atoms with Crippen LogP contribution in [0, 0.1) is 11.8 Å². The number of esters is 4. The molecule has 0 saturated heterocycles. The maximum atomic E-state index is 13.2. The number of hydrogen-bond acceptors (Lipinski definition) is 15. The first-order valence-corrected chi connectivity index (χ1v) is 48.5. The standard InChI is InChI=1S/C88H172O17P2/c1-7-10-12-14-16-18-19-20-21-22-23-24-28-31-37-42-47-53-59-65-71-86(91)99-77-84(105-88(93)72-66-60-54-48-43-38-32-29-26-25-27-30-35-40-45-50-56-62-68-80(4)5)79-103-107(96,97)101-75-82(89)74-100-106(94,95)102-78-83(76-98-85(90)70-64-58-52-17-15-13-11-8-2)104-87(92)73-67-61-55-49-44-39-34-33-36-41-46-51-57-63-69-81(6)9-3/h80-84,89H,7-79H2,1-6H3,(H,94,95)(H,96,97)/t81?,82-,83+,84+/m0/s1. The molecule has 0 bridgehead atoms. The summed E-state index contributed by atoms with van der Waals surface area (Å²) in [7, 11) is -9.93. The van der Waals surface area contributed by atoms with E-state index in [2.05, 4.69) is 41.5 Å². The molecule has 0 amide bonds. The second-order valence-electron chi connectivity index (χ2n) is 32.4. The van der Waals surface area contributed by atoms with E-state index in [-0.39, 0.29) is 25.7 Å². The highest BCUT2D eigenvalue weighted by atomic mass is 31.2. The van der Waals surface area contributed by atoms with Crippen LogP contribution in [0.5, 0.6) is 0 Å². The lowest BCUT2D eigenvalue weighted by Crippen LogP contribution is -2.30. The lowest BCUT2D eigenvalue weighted by atomic mass is 9.99. The summed E-state index contributed by atoms with van der Waals surface area (Å²) in [6, 6.07) is 0. The second-order valence-corrected chi connectivity index (χ2v) is 35.3. The van der Waals surface area contributed by atoms with Crippen molar-refractivity contribution in [2.24, 2.45) is 11.8 Å². The minimum Gasteiger partial charge on any atom is -0.462 e. The Balaban J connectivity index is 5.18. The molecule has 0 aromatic rings. The van der Waals surface area contributed by atoms with Crippen LogP contribution < -0.4 is 0 Å². The van der Waals surface area contributed by atoms with Gasteiger partial charge in [-0.1, -0.05) is 420 Å². The van der Waals surface area contributed by atoms with Gasteiger partial charge in [0.05, 0.1) is 26.4 Å². The van der Waals surface area contributed by atoms with Gasteiger partial charge in [-0.25, -0.2) is 9.13 Å². The summed E-state index contributed by atoms with van der Waals surface area (Å²) in [5.74, 6) is -0.436. The summed E-state index contributed by atoms with van der Waals surface area (Å²) < 4.78 is 68.9. The van der Waals surface area contributed by atoms with Gasteiger partial charge < -0.3 is 33.8 Å². The van der Waals surface area contributed by atoms with Crippen LogP contribution in [-0.2, 0) is 65.4 Å². The van der Waals surface area contributed by atoms with E-state index in [1.807, 2.05) is 0 Å². The van der Waals surface area contributed by atoms with Crippen LogP contribution in [0.4, 0.5) is 0 Å². The van der Waals surface area contributed by atoms with Gasteiger partial charge in [-0.3, -0.25) is 37.3 Å². The molecule has 107 heavy (non-hydrogen) atoms. The molecule has 0 aromatic heterocycles. The third-order valence-electron chi connectivity index (χ3n) is 21.1. The van der Waals surface area contributed by atoms with Crippen molar-refractivity contribution in [2.75, 3.05) is 39.6 Å². The average Bonchev–Trinajstić information content (AvgIpc) is 0.901. The largest absolute Gasteiger partial charge is 0.472 e. The first kappa shape index (κ1) is 105. The highest BCUT2D eigenvalue weighted by Gasteiger charge is 2.31. The maximum absolute atomic E-state index is 13.2. The topological polar surface area (TPSA) is 237 Å². The number of aliphatic hydroxyl groups is 1. The Morgan fingerprint density at radius 2 is 0.477 bits per heavy atom. The monoisotopic (exact) mass is 1560 g/mol. The Kier molecular flexibility index (Phi) is 77.9. The molecule has 0 radical (unpaired) electrons. The quantitative estimate of drug-likeness (QED) is 0.0222. The lowest BCUT2D eigenvalue weighted by Gasteiger charge is -2.21. The number of carbonyl (C=O) groups is 4. The van der Waals surface area contributed by atoms with Gasteiger partial charge in [0, 0.05) is 25.7 Å². The Labute approximate surface area is 658 Å². The molecular weight excluding hydrogens is 1390 g/mol. The zero-order chi connectivity index (χ0) is 78.5. The molecule has 0 aromatic carbocycles. The molecular formula is C88H172O17P2. The number of aliphatic hydroxyl groups excluding tert-OH is 1. The first-order valence-electron chi connectivity index (χ1n) is 45.5. The van der Waals surface area contributed by atoms with E-state index in [0.717, 1.165) is 108 Å². The number of ether oxygens (including phenoxy) is 4. The predicted molar refractivity (Wildman–Crippen MR) is 442 cm³/mol. The van der Waals surface area contributed by atoms with E-state index < -0.39 is 97.5 Å². The van der Waals surface area contributed by atoms with Gasteiger partial charge in [0.15, 0.2) is 12.2 Å². The van der Waals surface area contributed by atoms with Crippen LogP contribution in [0.25, 0.3) is 0 Å². The van der Waals surface area contributed by atoms with Gasteiger partial charge in [-0.05, 0) is 37.5 Å². The van der Waals surface area contributed by atoms with Crippen molar-refractivity contribution in [3.05, 3.63) is 0 Å². The summed E-state index contributed by atoms with van der Waals surface area (Å²) in [4.78, 5) is 73.2. The van der Waals surface area contributed by atoms with E-state index in [1.54, 1.807) is 0 Å². The molecule has 0 fully saturated rings. The maximum Gasteiger partial charge on any atom is 0.472 e. The van der Waals surface area contributed by atoms with Crippen LogP contribution in [0.3, 0.4) is 0 Å². The van der Waals surface area contributed by atoms with Gasteiger partial charge in [0.25, 0.3) is 0 Å². The fourth-order valence-electron chi connectivity index (χ4n) is 13.7. The minimum atomic E-state index is -4.97. The van der Waals surface area contributed by atoms with E-state index in [0.29, 0.717) is 25.7 Å². The summed E-state index contributed by atoms with van der Waals surface area (Å²) in [6.07, 6.45) is 72.3. The van der Waals surface area contributed by atoms with Crippen LogP contribution in [0.2, 0.25) is 0 Å². The van der Waals surface area contributed by atoms with Gasteiger partial charge >= 0.3 is 39.5 Å². The van der Waals surface area contributed by atoms with Crippen molar-refractivity contribution < 1.29 is 80.2 Å². The zero-order valence-electron chi connectivity index (χ0n) is 70.5. The fourth-order valence-corrected chi connectivity index (χ4v) is 15.3. The van der Waals surface area contributed by atoms with E-state index in [1.165, 1.54) is 283 Å². The van der Waals surface area contributed by atoms with Crippen molar-refractivity contribution in [3.63, 3.8) is 0 Å². The van der Waals surface area contributed by atoms with Crippen LogP contribution in [-0.4, -0.2) is 96.7 Å². The van der Waals surface area contributed by atoms with Gasteiger partial charge in [0.2, 0.25) is 0 Å². The fraction of sp³-hybridized carbons (Fsp3) is 0.955. The summed E-state index contributed by atoms with van der Waals surface area (Å²) in [5, 5.41) is 10.7. The first-order chi connectivity index (χ1) is 51.9. The van der Waals surface area contributed by atoms with Crippen molar-refractivity contribution in [1.29, 1.82) is 0 Å². The molecule has 19 heteroatoms. The third kappa shape index (κ3) is 80.5. The molecule has 3 unspecified atom stereocenters. The highest BCUT2D eigenvalue weighted by Crippen LogP contribution is 2.45. The molecule has 0 aliphatic rings. The van der Waals surface area contributed by atoms with Crippen molar-refractivity contribution in [3.8, 4) is 0 Å². The minimum absolute atomic E-state index is 0.108. The molecule has 0 spiro atoms. The van der Waals surface area contributed by atoms with Crippen molar-refractivity contribution in [1.82, 2.24) is 0 Å². The molecule has 0 saturated carbocycles. The third-order valence-corrected chi connectivity index (χ3v) is 23.0. The zero-order valence-corrected chi connectivity index (χ0v) is 72.2. The van der Waals surface area contributed by atoms with Crippen LogP contribution in [0.1, 0.15) is 472 Å².